The zero-order valence-electron chi connectivity index (χ0n) is 9.51. The molecule has 0 amide bonds. The normalized spacial score (nSPS) is 11.6. The van der Waals surface area contributed by atoms with Crippen LogP contribution in [-0.2, 0) is 0 Å². The molecule has 0 aliphatic carbocycles. The monoisotopic (exact) mass is 217 g/mol. The summed E-state index contributed by atoms with van der Waals surface area (Å²) in [5, 5.41) is 0. The van der Waals surface area contributed by atoms with Crippen molar-refractivity contribution in [3.05, 3.63) is 0 Å². The maximum absolute atomic E-state index is 8.72. The fraction of sp³-hybridized carbons (Fsp3) is 1.00. The van der Waals surface area contributed by atoms with E-state index in [4.69, 9.17) is 10.5 Å². The first-order valence-electron chi connectivity index (χ1n) is 6.22. The van der Waals surface area contributed by atoms with Gasteiger partial charge in [-0.2, -0.15) is 0 Å². The van der Waals surface area contributed by atoms with Gasteiger partial charge in [-0.15, -0.1) is 0 Å². The molecule has 0 fully saturated rings. The Hall–Kier alpha value is 0.137. The predicted molar refractivity (Wildman–Crippen MR) is 66.2 cm³/mol. The second kappa shape index (κ2) is 13.1. The topological polar surface area (TPSA) is 46.2 Å². The van der Waals surface area contributed by atoms with Gasteiger partial charge in [0.1, 0.15) is 0 Å². The average molecular weight is 217 g/mol. The number of hydrogen-bond donors (Lipinski definition) is 2. The number of unbranched alkanes of at least 4 members (excludes halogenated alkanes) is 8. The van der Waals surface area contributed by atoms with E-state index in [-0.39, 0.29) is 0 Å². The second-order valence-electron chi connectivity index (χ2n) is 4.05. The lowest BCUT2D eigenvalue weighted by molar-refractivity contribution is 0.558. The van der Waals surface area contributed by atoms with Crippen LogP contribution in [0.25, 0.3) is 0 Å². The molecule has 0 spiro atoms. The molecule has 0 radical (unpaired) electrons. The van der Waals surface area contributed by atoms with Crippen molar-refractivity contribution >= 4 is 9.76 Å². The zero-order valence-corrected chi connectivity index (χ0v) is 10.9. The van der Waals surface area contributed by atoms with Gasteiger partial charge < -0.3 is 10.5 Å². The molecule has 0 saturated carbocycles. The Bertz CT molecular complexity index is 89.3. The molecule has 0 bridgehead atoms. The van der Waals surface area contributed by atoms with Crippen LogP contribution in [0, 0.1) is 0 Å². The van der Waals surface area contributed by atoms with Crippen molar-refractivity contribution in [1.82, 2.24) is 0 Å². The standard InChI is InChI=1S/C11H27NOSi/c12-10-8-6-4-2-1-3-5-7-9-11-14-13/h13H,1-12,14H2. The van der Waals surface area contributed by atoms with Crippen molar-refractivity contribution in [2.75, 3.05) is 6.54 Å². The molecule has 86 valence electrons. The summed E-state index contributed by atoms with van der Waals surface area (Å²) in [4.78, 5) is 8.72. The number of hydrogen-bond acceptors (Lipinski definition) is 2. The average Bonchev–Trinajstić information content (AvgIpc) is 2.21. The van der Waals surface area contributed by atoms with Gasteiger partial charge in [-0.3, -0.25) is 0 Å². The van der Waals surface area contributed by atoms with E-state index < -0.39 is 9.76 Å². The van der Waals surface area contributed by atoms with Gasteiger partial charge in [0.15, 0.2) is 9.76 Å². The molecule has 0 aromatic rings. The van der Waals surface area contributed by atoms with Crippen LogP contribution in [0.5, 0.6) is 0 Å². The largest absolute Gasteiger partial charge is 0.438 e. The van der Waals surface area contributed by atoms with E-state index in [2.05, 4.69) is 0 Å². The van der Waals surface area contributed by atoms with E-state index in [0.717, 1.165) is 12.6 Å². The first kappa shape index (κ1) is 14.1. The van der Waals surface area contributed by atoms with Crippen molar-refractivity contribution in [3.8, 4) is 0 Å². The molecule has 0 heterocycles. The molecule has 0 rings (SSSR count). The van der Waals surface area contributed by atoms with Gasteiger partial charge in [0.2, 0.25) is 0 Å². The van der Waals surface area contributed by atoms with Crippen LogP contribution < -0.4 is 5.73 Å². The van der Waals surface area contributed by atoms with Gasteiger partial charge in [0.05, 0.1) is 0 Å². The molecule has 2 nitrogen and oxygen atoms in total. The summed E-state index contributed by atoms with van der Waals surface area (Å²) in [7, 11) is -0.651. The molecule has 0 saturated heterocycles. The summed E-state index contributed by atoms with van der Waals surface area (Å²) >= 11 is 0. The summed E-state index contributed by atoms with van der Waals surface area (Å²) in [6.07, 6.45) is 12.0. The molecule has 0 aromatic heterocycles. The van der Waals surface area contributed by atoms with Gasteiger partial charge in [-0.05, 0) is 19.0 Å². The van der Waals surface area contributed by atoms with Crippen molar-refractivity contribution in [2.45, 2.75) is 63.8 Å². The fourth-order valence-corrected chi connectivity index (χ4v) is 2.25. The lowest BCUT2D eigenvalue weighted by atomic mass is 10.1. The molecule has 3 N–H and O–H groups in total. The highest BCUT2D eigenvalue weighted by Gasteiger charge is 1.92. The Morgan fingerprint density at radius 3 is 1.57 bits per heavy atom. The molecular formula is C11H27NOSi. The summed E-state index contributed by atoms with van der Waals surface area (Å²) < 4.78 is 0. The Balaban J connectivity index is 2.78. The quantitative estimate of drug-likeness (QED) is 0.410. The van der Waals surface area contributed by atoms with E-state index in [0.29, 0.717) is 0 Å². The van der Waals surface area contributed by atoms with Crippen LogP contribution in [-0.4, -0.2) is 21.1 Å². The van der Waals surface area contributed by atoms with E-state index in [1.807, 2.05) is 0 Å². The minimum Gasteiger partial charge on any atom is -0.438 e. The maximum atomic E-state index is 8.72. The van der Waals surface area contributed by atoms with Crippen LogP contribution in [0.1, 0.15) is 57.8 Å². The van der Waals surface area contributed by atoms with Crippen LogP contribution in [0.2, 0.25) is 6.04 Å². The highest BCUT2D eigenvalue weighted by atomic mass is 28.2. The predicted octanol–water partition coefficient (Wildman–Crippen LogP) is 1.95. The van der Waals surface area contributed by atoms with Crippen molar-refractivity contribution in [1.29, 1.82) is 0 Å². The molecule has 0 unspecified atom stereocenters. The molecule has 0 aromatic carbocycles. The van der Waals surface area contributed by atoms with Crippen LogP contribution in [0.3, 0.4) is 0 Å². The third-order valence-electron chi connectivity index (χ3n) is 2.61. The van der Waals surface area contributed by atoms with Crippen LogP contribution in [0.15, 0.2) is 0 Å². The van der Waals surface area contributed by atoms with Gasteiger partial charge in [0.25, 0.3) is 0 Å². The molecule has 0 atom stereocenters. The van der Waals surface area contributed by atoms with Crippen LogP contribution >= 0.6 is 0 Å². The first-order valence-corrected chi connectivity index (χ1v) is 7.86. The lowest BCUT2D eigenvalue weighted by Gasteiger charge is -2.01. The highest BCUT2D eigenvalue weighted by Crippen LogP contribution is 2.10. The van der Waals surface area contributed by atoms with Crippen molar-refractivity contribution in [2.24, 2.45) is 5.73 Å². The number of rotatable bonds is 11. The third-order valence-corrected chi connectivity index (χ3v) is 3.43. The summed E-state index contributed by atoms with van der Waals surface area (Å²) in [5.41, 5.74) is 5.42. The van der Waals surface area contributed by atoms with E-state index >= 15 is 0 Å². The SMILES string of the molecule is NCCCCCCCCCCC[SiH2]O. The van der Waals surface area contributed by atoms with E-state index in [9.17, 15) is 0 Å². The van der Waals surface area contributed by atoms with Crippen molar-refractivity contribution in [3.63, 3.8) is 0 Å². The number of nitrogens with two attached hydrogens (primary N) is 1. The Labute approximate surface area is 91.2 Å². The van der Waals surface area contributed by atoms with E-state index in [1.165, 1.54) is 57.8 Å². The smallest absolute Gasteiger partial charge is 0.156 e. The second-order valence-corrected chi connectivity index (χ2v) is 5.20. The Morgan fingerprint density at radius 2 is 1.14 bits per heavy atom. The van der Waals surface area contributed by atoms with Crippen molar-refractivity contribution < 1.29 is 4.80 Å². The van der Waals surface area contributed by atoms with Gasteiger partial charge >= 0.3 is 0 Å². The maximum Gasteiger partial charge on any atom is 0.156 e. The van der Waals surface area contributed by atoms with Gasteiger partial charge in [-0.1, -0.05) is 51.4 Å². The molecule has 3 heteroatoms. The molecule has 14 heavy (non-hydrogen) atoms. The summed E-state index contributed by atoms with van der Waals surface area (Å²) in [5.74, 6) is 0. The summed E-state index contributed by atoms with van der Waals surface area (Å²) in [6.45, 7) is 0.852. The Kier molecular flexibility index (Phi) is 13.3. The molecular weight excluding hydrogens is 190 g/mol. The summed E-state index contributed by atoms with van der Waals surface area (Å²) in [6, 6.07) is 1.12. The first-order chi connectivity index (χ1) is 6.91. The van der Waals surface area contributed by atoms with Gasteiger partial charge in [0, 0.05) is 0 Å². The van der Waals surface area contributed by atoms with Crippen LogP contribution in [0.4, 0.5) is 0 Å². The zero-order chi connectivity index (χ0) is 10.5. The minimum absolute atomic E-state index is 0.651. The molecule has 0 aliphatic rings. The fourth-order valence-electron chi connectivity index (χ4n) is 1.67. The third kappa shape index (κ3) is 12.1. The molecule has 0 aliphatic heterocycles. The Morgan fingerprint density at radius 1 is 0.714 bits per heavy atom. The lowest BCUT2D eigenvalue weighted by Crippen LogP contribution is -1.97. The highest BCUT2D eigenvalue weighted by molar-refractivity contribution is 6.25. The van der Waals surface area contributed by atoms with E-state index in [1.54, 1.807) is 0 Å². The minimum atomic E-state index is -0.651. The van der Waals surface area contributed by atoms with Gasteiger partial charge in [-0.25, -0.2) is 0 Å².